The molecule has 1 aromatic carbocycles. The molecular weight excluding hydrogens is 347 g/mol. The van der Waals surface area contributed by atoms with Crippen LogP contribution in [0.2, 0.25) is 5.02 Å². The van der Waals surface area contributed by atoms with Crippen molar-refractivity contribution in [2.75, 3.05) is 39.7 Å². The first-order valence-electron chi connectivity index (χ1n) is 6.49. The Bertz CT molecular complexity index is 554. The van der Waals surface area contributed by atoms with Gasteiger partial charge in [-0.3, -0.25) is 14.5 Å². The summed E-state index contributed by atoms with van der Waals surface area (Å²) in [4.78, 5) is 24.1. The van der Waals surface area contributed by atoms with Crippen LogP contribution in [0.25, 0.3) is 0 Å². The van der Waals surface area contributed by atoms with Crippen molar-refractivity contribution in [3.63, 3.8) is 0 Å². The average Bonchev–Trinajstić information content (AvgIpc) is 2.46. The molecule has 0 saturated heterocycles. The van der Waals surface area contributed by atoms with Crippen molar-refractivity contribution in [2.45, 2.75) is 6.42 Å². The van der Waals surface area contributed by atoms with Crippen LogP contribution in [0.3, 0.4) is 0 Å². The molecule has 7 nitrogen and oxygen atoms in total. The van der Waals surface area contributed by atoms with E-state index >= 15 is 0 Å². The molecule has 0 spiro atoms. The Balaban J connectivity index is 0.00000484. The summed E-state index contributed by atoms with van der Waals surface area (Å²) in [7, 11) is 4.61. The van der Waals surface area contributed by atoms with Gasteiger partial charge in [-0.2, -0.15) is 0 Å². The zero-order chi connectivity index (χ0) is 16.7. The molecule has 0 atom stereocenters. The molecule has 0 heterocycles. The molecule has 0 saturated carbocycles. The third kappa shape index (κ3) is 6.94. The van der Waals surface area contributed by atoms with Gasteiger partial charge >= 0.3 is 5.97 Å². The number of aliphatic carboxylic acids is 1. The molecule has 1 amide bonds. The van der Waals surface area contributed by atoms with E-state index in [1.54, 1.807) is 24.1 Å². The lowest BCUT2D eigenvalue weighted by Crippen LogP contribution is -2.31. The minimum atomic E-state index is -0.906. The number of carboxylic acid groups (broad SMARTS) is 1. The molecule has 0 fully saturated rings. The van der Waals surface area contributed by atoms with Gasteiger partial charge in [0.2, 0.25) is 5.91 Å². The van der Waals surface area contributed by atoms with Crippen LogP contribution in [-0.4, -0.2) is 56.2 Å². The number of hydrogen-bond donors (Lipinski definition) is 2. The van der Waals surface area contributed by atoms with Crippen LogP contribution in [0.1, 0.15) is 6.42 Å². The van der Waals surface area contributed by atoms with E-state index in [0.29, 0.717) is 22.2 Å². The second kappa shape index (κ2) is 10.1. The molecule has 9 heteroatoms. The van der Waals surface area contributed by atoms with Gasteiger partial charge in [0.15, 0.2) is 0 Å². The van der Waals surface area contributed by atoms with E-state index in [2.05, 4.69) is 5.32 Å². The predicted octanol–water partition coefficient (Wildman–Crippen LogP) is 2.12. The number of halogens is 2. The van der Waals surface area contributed by atoms with Gasteiger partial charge in [-0.15, -0.1) is 12.4 Å². The van der Waals surface area contributed by atoms with E-state index in [-0.39, 0.29) is 37.8 Å². The largest absolute Gasteiger partial charge is 0.495 e. The van der Waals surface area contributed by atoms with Gasteiger partial charge in [-0.05, 0) is 7.05 Å². The van der Waals surface area contributed by atoms with Gasteiger partial charge in [0.1, 0.15) is 11.5 Å². The minimum absolute atomic E-state index is 0. The van der Waals surface area contributed by atoms with Gasteiger partial charge in [-0.1, -0.05) is 11.6 Å². The van der Waals surface area contributed by atoms with Crippen molar-refractivity contribution in [1.29, 1.82) is 0 Å². The van der Waals surface area contributed by atoms with Crippen LogP contribution in [0.4, 0.5) is 5.69 Å². The molecule has 0 aromatic heterocycles. The molecule has 1 aromatic rings. The molecule has 0 aliphatic heterocycles. The van der Waals surface area contributed by atoms with Gasteiger partial charge in [0, 0.05) is 18.7 Å². The second-order valence-electron chi connectivity index (χ2n) is 4.62. The van der Waals surface area contributed by atoms with E-state index in [4.69, 9.17) is 26.2 Å². The maximum Gasteiger partial charge on any atom is 0.304 e. The summed E-state index contributed by atoms with van der Waals surface area (Å²) in [5, 5.41) is 11.7. The molecule has 2 N–H and O–H groups in total. The topological polar surface area (TPSA) is 88.1 Å². The highest BCUT2D eigenvalue weighted by molar-refractivity contribution is 6.32. The van der Waals surface area contributed by atoms with Crippen molar-refractivity contribution < 1.29 is 24.2 Å². The molecule has 23 heavy (non-hydrogen) atoms. The number of hydrogen-bond acceptors (Lipinski definition) is 5. The maximum absolute atomic E-state index is 12.0. The minimum Gasteiger partial charge on any atom is -0.495 e. The van der Waals surface area contributed by atoms with E-state index < -0.39 is 5.97 Å². The maximum atomic E-state index is 12.0. The first kappa shape index (κ1) is 21.3. The summed E-state index contributed by atoms with van der Waals surface area (Å²) in [6.07, 6.45) is -0.0259. The Morgan fingerprint density at radius 3 is 2.39 bits per heavy atom. The number of rotatable bonds is 8. The van der Waals surface area contributed by atoms with E-state index in [0.717, 1.165) is 0 Å². The lowest BCUT2D eigenvalue weighted by atomic mass is 10.2. The van der Waals surface area contributed by atoms with Gasteiger partial charge < -0.3 is 19.9 Å². The molecule has 0 aliphatic carbocycles. The van der Waals surface area contributed by atoms with Gasteiger partial charge in [0.25, 0.3) is 0 Å². The van der Waals surface area contributed by atoms with Gasteiger partial charge in [-0.25, -0.2) is 0 Å². The predicted molar refractivity (Wildman–Crippen MR) is 90.2 cm³/mol. The Morgan fingerprint density at radius 1 is 1.26 bits per heavy atom. The molecule has 0 unspecified atom stereocenters. The van der Waals surface area contributed by atoms with Crippen LogP contribution < -0.4 is 14.8 Å². The number of carbonyl (C=O) groups excluding carboxylic acids is 1. The highest BCUT2D eigenvalue weighted by atomic mass is 35.5. The van der Waals surface area contributed by atoms with Crippen LogP contribution in [0, 0.1) is 0 Å². The third-order valence-corrected chi connectivity index (χ3v) is 3.16. The summed E-state index contributed by atoms with van der Waals surface area (Å²) in [6, 6.07) is 3.11. The van der Waals surface area contributed by atoms with Crippen LogP contribution in [0.15, 0.2) is 12.1 Å². The number of benzene rings is 1. The highest BCUT2D eigenvalue weighted by Crippen LogP contribution is 2.35. The fraction of sp³-hybridized carbons (Fsp3) is 0.429. The van der Waals surface area contributed by atoms with E-state index in [1.165, 1.54) is 14.2 Å². The van der Waals surface area contributed by atoms with Crippen LogP contribution in [0.5, 0.6) is 11.5 Å². The fourth-order valence-electron chi connectivity index (χ4n) is 1.76. The molecule has 0 aliphatic rings. The number of methoxy groups -OCH3 is 2. The number of carbonyl (C=O) groups is 2. The standard InChI is InChI=1S/C14H19ClN2O5.ClH/c1-17(5-4-14(19)20)8-13(18)16-10-7-11(21-2)9(15)6-12(10)22-3;/h6-7H,4-5,8H2,1-3H3,(H,16,18)(H,19,20);1H. The molecule has 1 rings (SSSR count). The third-order valence-electron chi connectivity index (χ3n) is 2.87. The number of likely N-dealkylation sites (N-methyl/N-ethyl adjacent to an activating group) is 1. The first-order valence-corrected chi connectivity index (χ1v) is 6.87. The van der Waals surface area contributed by atoms with Crippen LogP contribution in [-0.2, 0) is 9.59 Å². The number of ether oxygens (including phenoxy) is 2. The SMILES string of the molecule is COc1cc(NC(=O)CN(C)CCC(=O)O)c(OC)cc1Cl.Cl. The summed E-state index contributed by atoms with van der Waals surface area (Å²) >= 11 is 5.99. The summed E-state index contributed by atoms with van der Waals surface area (Å²) in [5.74, 6) is -0.378. The normalized spacial score (nSPS) is 9.96. The highest BCUT2D eigenvalue weighted by Gasteiger charge is 2.14. The summed E-state index contributed by atoms with van der Waals surface area (Å²) in [5.41, 5.74) is 0.431. The number of amides is 1. The quantitative estimate of drug-likeness (QED) is 0.732. The number of anilines is 1. The Morgan fingerprint density at radius 2 is 1.87 bits per heavy atom. The number of carboxylic acids is 1. The van der Waals surface area contributed by atoms with E-state index in [1.807, 2.05) is 0 Å². The molecule has 0 radical (unpaired) electrons. The molecular formula is C14H20Cl2N2O5. The van der Waals surface area contributed by atoms with Crippen molar-refractivity contribution >= 4 is 41.6 Å². The summed E-state index contributed by atoms with van der Waals surface area (Å²) < 4.78 is 10.3. The Kier molecular flexibility index (Phi) is 9.40. The zero-order valence-corrected chi connectivity index (χ0v) is 14.7. The lowest BCUT2D eigenvalue weighted by molar-refractivity contribution is -0.137. The number of nitrogens with one attached hydrogen (secondary N) is 1. The average molecular weight is 367 g/mol. The number of nitrogens with zero attached hydrogens (tertiary/aromatic N) is 1. The first-order chi connectivity index (χ1) is 10.4. The van der Waals surface area contributed by atoms with Crippen LogP contribution >= 0.6 is 24.0 Å². The van der Waals surface area contributed by atoms with Crippen molar-refractivity contribution in [3.05, 3.63) is 17.2 Å². The fourth-order valence-corrected chi connectivity index (χ4v) is 1.99. The lowest BCUT2D eigenvalue weighted by Gasteiger charge is -2.17. The smallest absolute Gasteiger partial charge is 0.304 e. The molecule has 130 valence electrons. The van der Waals surface area contributed by atoms with Gasteiger partial charge in [0.05, 0.1) is 37.9 Å². The Labute approximate surface area is 145 Å². The second-order valence-corrected chi connectivity index (χ2v) is 5.02. The Hall–Kier alpha value is -1.70. The summed E-state index contributed by atoms with van der Waals surface area (Å²) in [6.45, 7) is 0.338. The zero-order valence-electron chi connectivity index (χ0n) is 13.1. The van der Waals surface area contributed by atoms with Crippen molar-refractivity contribution in [3.8, 4) is 11.5 Å². The van der Waals surface area contributed by atoms with Crippen molar-refractivity contribution in [1.82, 2.24) is 4.90 Å². The van der Waals surface area contributed by atoms with E-state index in [9.17, 15) is 9.59 Å². The van der Waals surface area contributed by atoms with Crippen molar-refractivity contribution in [2.24, 2.45) is 0 Å². The monoisotopic (exact) mass is 366 g/mol. The molecule has 0 bridgehead atoms.